The van der Waals surface area contributed by atoms with E-state index in [9.17, 15) is 9.18 Å². The van der Waals surface area contributed by atoms with Crippen LogP contribution in [0.25, 0.3) is 0 Å². The third-order valence-electron chi connectivity index (χ3n) is 4.69. The Morgan fingerprint density at radius 3 is 2.73 bits per heavy atom. The number of rotatable bonds is 2. The number of hydrogen-bond acceptors (Lipinski definition) is 4. The summed E-state index contributed by atoms with van der Waals surface area (Å²) in [6.45, 7) is 2.58. The van der Waals surface area contributed by atoms with E-state index >= 15 is 0 Å². The van der Waals surface area contributed by atoms with Crippen LogP contribution in [0.1, 0.15) is 29.7 Å². The Balaban J connectivity index is 1.54. The van der Waals surface area contributed by atoms with Crippen LogP contribution in [0.4, 0.5) is 14.9 Å². The zero-order valence-corrected chi connectivity index (χ0v) is 16.6. The Morgan fingerprint density at radius 1 is 1.23 bits per heavy atom. The second-order valence-corrected chi connectivity index (χ2v) is 6.92. The fourth-order valence-corrected chi connectivity index (χ4v) is 3.11. The van der Waals surface area contributed by atoms with Crippen LogP contribution in [0.15, 0.2) is 48.9 Å². The molecule has 3 heterocycles. The third-order valence-corrected chi connectivity index (χ3v) is 4.69. The lowest BCUT2D eigenvalue weighted by atomic mass is 10.1. The number of carbonyl (C=O) groups is 1. The molecule has 0 saturated heterocycles. The van der Waals surface area contributed by atoms with Crippen molar-refractivity contribution >= 4 is 11.7 Å². The van der Waals surface area contributed by atoms with Gasteiger partial charge in [0.2, 0.25) is 5.88 Å². The first-order valence-corrected chi connectivity index (χ1v) is 9.46. The van der Waals surface area contributed by atoms with Crippen LogP contribution >= 0.6 is 0 Å². The predicted octanol–water partition coefficient (Wildman–Crippen LogP) is 3.02. The highest BCUT2D eigenvalue weighted by molar-refractivity contribution is 5.94. The number of anilines is 1. The van der Waals surface area contributed by atoms with E-state index in [2.05, 4.69) is 27.2 Å². The number of pyridine rings is 1. The van der Waals surface area contributed by atoms with Gasteiger partial charge in [0, 0.05) is 25.0 Å². The van der Waals surface area contributed by atoms with Crippen LogP contribution in [0, 0.1) is 17.7 Å². The lowest BCUT2D eigenvalue weighted by Crippen LogP contribution is -2.45. The first kappa shape index (κ1) is 19.5. The first-order valence-electron chi connectivity index (χ1n) is 9.46. The topological polar surface area (TPSA) is 72.3 Å². The summed E-state index contributed by atoms with van der Waals surface area (Å²) in [5.41, 5.74) is 2.82. The normalized spacial score (nSPS) is 13.5. The molecule has 1 N–H and O–H groups in total. The zero-order valence-electron chi connectivity index (χ0n) is 16.6. The highest BCUT2D eigenvalue weighted by Gasteiger charge is 2.26. The van der Waals surface area contributed by atoms with Crippen molar-refractivity contribution in [3.8, 4) is 17.7 Å². The second kappa shape index (κ2) is 8.25. The maximum atomic E-state index is 13.1. The van der Waals surface area contributed by atoms with Gasteiger partial charge in [-0.2, -0.15) is 5.10 Å². The summed E-state index contributed by atoms with van der Waals surface area (Å²) < 4.78 is 20.4. The van der Waals surface area contributed by atoms with Gasteiger partial charge in [0.1, 0.15) is 18.1 Å². The van der Waals surface area contributed by atoms with Crippen molar-refractivity contribution in [2.45, 2.75) is 13.0 Å². The Bertz CT molecular complexity index is 1130. The van der Waals surface area contributed by atoms with E-state index in [4.69, 9.17) is 4.74 Å². The maximum absolute atomic E-state index is 13.1. The molecule has 2 aromatic heterocycles. The standard InChI is InChI=1S/C22H20FN5O2/c1-15(18-5-7-19(23)8-6-18)26-22(29)28-9-10-30-21-20(28)11-16(12-24-21)3-4-17-13-25-27(2)14-17/h5-8,11-15H,9-10H2,1-2H3,(H,26,29)/t15-/m0/s1. The monoisotopic (exact) mass is 405 g/mol. The molecule has 0 fully saturated rings. The molecule has 0 unspecified atom stereocenters. The molecule has 8 heteroatoms. The van der Waals surface area contributed by atoms with Gasteiger partial charge in [0.05, 0.1) is 24.3 Å². The van der Waals surface area contributed by atoms with Crippen molar-refractivity contribution in [3.63, 3.8) is 0 Å². The molecule has 0 aliphatic carbocycles. The summed E-state index contributed by atoms with van der Waals surface area (Å²) in [6.07, 6.45) is 5.11. The number of halogens is 1. The van der Waals surface area contributed by atoms with Crippen LogP contribution in [0.5, 0.6) is 5.88 Å². The number of amides is 2. The minimum absolute atomic E-state index is 0.282. The van der Waals surface area contributed by atoms with Gasteiger partial charge in [0.25, 0.3) is 0 Å². The Labute approximate surface area is 173 Å². The average molecular weight is 405 g/mol. The summed E-state index contributed by atoms with van der Waals surface area (Å²) in [4.78, 5) is 18.8. The van der Waals surface area contributed by atoms with Gasteiger partial charge in [-0.25, -0.2) is 14.2 Å². The number of aromatic nitrogens is 3. The number of ether oxygens (including phenoxy) is 1. The van der Waals surface area contributed by atoms with Crippen molar-refractivity contribution < 1.29 is 13.9 Å². The molecular weight excluding hydrogens is 385 g/mol. The minimum atomic E-state index is -0.314. The quantitative estimate of drug-likeness (QED) is 0.666. The van der Waals surface area contributed by atoms with E-state index in [1.54, 1.807) is 40.2 Å². The molecule has 3 aromatic rings. The van der Waals surface area contributed by atoms with Gasteiger partial charge in [-0.1, -0.05) is 24.0 Å². The zero-order chi connectivity index (χ0) is 21.1. The van der Waals surface area contributed by atoms with Crippen molar-refractivity contribution in [2.24, 2.45) is 7.05 Å². The maximum Gasteiger partial charge on any atom is 0.322 e. The Morgan fingerprint density at radius 2 is 2.00 bits per heavy atom. The van der Waals surface area contributed by atoms with Crippen molar-refractivity contribution in [1.29, 1.82) is 0 Å². The van der Waals surface area contributed by atoms with E-state index in [0.29, 0.717) is 30.3 Å². The van der Waals surface area contributed by atoms with Crippen molar-refractivity contribution in [1.82, 2.24) is 20.1 Å². The number of benzene rings is 1. The summed E-state index contributed by atoms with van der Waals surface area (Å²) in [6, 6.07) is 7.27. The number of aryl methyl sites for hydroxylation is 1. The molecule has 1 atom stereocenters. The summed E-state index contributed by atoms with van der Waals surface area (Å²) >= 11 is 0. The number of carbonyl (C=O) groups excluding carboxylic acids is 1. The molecule has 0 radical (unpaired) electrons. The van der Waals surface area contributed by atoms with Gasteiger partial charge < -0.3 is 10.1 Å². The van der Waals surface area contributed by atoms with Crippen LogP contribution in [-0.2, 0) is 7.05 Å². The molecular formula is C22H20FN5O2. The van der Waals surface area contributed by atoms with Crippen LogP contribution in [0.3, 0.4) is 0 Å². The predicted molar refractivity (Wildman–Crippen MR) is 110 cm³/mol. The highest BCUT2D eigenvalue weighted by atomic mass is 19.1. The molecule has 0 saturated carbocycles. The molecule has 1 aliphatic rings. The van der Waals surface area contributed by atoms with Gasteiger partial charge in [-0.3, -0.25) is 9.58 Å². The third kappa shape index (κ3) is 4.25. The number of urea groups is 1. The lowest BCUT2D eigenvalue weighted by molar-refractivity contribution is 0.236. The summed E-state index contributed by atoms with van der Waals surface area (Å²) in [5, 5.41) is 7.03. The fraction of sp³-hybridized carbons (Fsp3) is 0.227. The molecule has 0 bridgehead atoms. The van der Waals surface area contributed by atoms with E-state index < -0.39 is 0 Å². The first-order chi connectivity index (χ1) is 14.5. The Hall–Kier alpha value is -3.86. The fourth-order valence-electron chi connectivity index (χ4n) is 3.11. The van der Waals surface area contributed by atoms with E-state index in [1.807, 2.05) is 20.2 Å². The van der Waals surface area contributed by atoms with Gasteiger partial charge in [-0.15, -0.1) is 0 Å². The molecule has 2 amide bonds. The minimum Gasteiger partial charge on any atom is -0.474 e. The van der Waals surface area contributed by atoms with Crippen LogP contribution < -0.4 is 15.0 Å². The number of fused-ring (bicyclic) bond motifs is 1. The largest absolute Gasteiger partial charge is 0.474 e. The molecule has 1 aromatic carbocycles. The Kier molecular flexibility index (Phi) is 5.35. The molecule has 30 heavy (non-hydrogen) atoms. The van der Waals surface area contributed by atoms with Crippen LogP contribution in [-0.4, -0.2) is 33.9 Å². The van der Waals surface area contributed by atoms with Gasteiger partial charge >= 0.3 is 6.03 Å². The van der Waals surface area contributed by atoms with Crippen LogP contribution in [0.2, 0.25) is 0 Å². The molecule has 0 spiro atoms. The van der Waals surface area contributed by atoms with Gasteiger partial charge in [-0.05, 0) is 30.7 Å². The van der Waals surface area contributed by atoms with Crippen molar-refractivity contribution in [2.75, 3.05) is 18.1 Å². The van der Waals surface area contributed by atoms with E-state index in [-0.39, 0.29) is 17.9 Å². The molecule has 1 aliphatic heterocycles. The van der Waals surface area contributed by atoms with E-state index in [0.717, 1.165) is 11.1 Å². The summed E-state index contributed by atoms with van der Waals surface area (Å²) in [7, 11) is 1.83. The molecule has 152 valence electrons. The highest BCUT2D eigenvalue weighted by Crippen LogP contribution is 2.30. The van der Waals surface area contributed by atoms with Crippen molar-refractivity contribution in [3.05, 3.63) is 71.4 Å². The van der Waals surface area contributed by atoms with E-state index in [1.165, 1.54) is 12.1 Å². The lowest BCUT2D eigenvalue weighted by Gasteiger charge is -2.30. The van der Waals surface area contributed by atoms with Gasteiger partial charge in [0.15, 0.2) is 0 Å². The average Bonchev–Trinajstić information content (AvgIpc) is 3.17. The number of hydrogen-bond donors (Lipinski definition) is 1. The smallest absolute Gasteiger partial charge is 0.322 e. The summed E-state index contributed by atoms with van der Waals surface area (Å²) in [5.74, 6) is 6.14. The second-order valence-electron chi connectivity index (χ2n) is 6.92. The molecule has 7 nitrogen and oxygen atoms in total. The molecule has 4 rings (SSSR count). The number of nitrogens with one attached hydrogen (secondary N) is 1. The number of nitrogens with zero attached hydrogens (tertiary/aromatic N) is 4. The SMILES string of the molecule is C[C@H](NC(=O)N1CCOc2ncc(C#Cc3cnn(C)c3)cc21)c1ccc(F)cc1.